The first-order chi connectivity index (χ1) is 7.90. The molecule has 3 heteroatoms. The molecule has 1 N–H and O–H groups in total. The molecule has 94 valence electrons. The van der Waals surface area contributed by atoms with Crippen LogP contribution in [-0.2, 0) is 0 Å². The van der Waals surface area contributed by atoms with E-state index in [4.69, 9.17) is 9.84 Å². The number of rotatable bonds is 5. The van der Waals surface area contributed by atoms with Gasteiger partial charge in [-0.15, -0.1) is 0 Å². The minimum Gasteiger partial charge on any atom is -0.490 e. The highest BCUT2D eigenvalue weighted by Crippen LogP contribution is 2.22. The minimum atomic E-state index is -0.908. The Morgan fingerprint density at radius 1 is 1.35 bits per heavy atom. The van der Waals surface area contributed by atoms with Crippen LogP contribution in [0.5, 0.6) is 5.75 Å². The van der Waals surface area contributed by atoms with Gasteiger partial charge in [-0.25, -0.2) is 4.79 Å². The molecule has 1 atom stereocenters. The lowest BCUT2D eigenvalue weighted by Crippen LogP contribution is -2.15. The zero-order valence-electron chi connectivity index (χ0n) is 10.9. The molecule has 1 aromatic carbocycles. The number of benzene rings is 1. The van der Waals surface area contributed by atoms with Crippen molar-refractivity contribution in [2.45, 2.75) is 40.2 Å². The molecule has 1 unspecified atom stereocenters. The molecular formula is C14H20O3. The number of aryl methyl sites for hydroxylation is 1. The summed E-state index contributed by atoms with van der Waals surface area (Å²) in [6.07, 6.45) is 1.13. The van der Waals surface area contributed by atoms with Gasteiger partial charge < -0.3 is 9.84 Å². The van der Waals surface area contributed by atoms with Gasteiger partial charge in [-0.2, -0.15) is 0 Å². The summed E-state index contributed by atoms with van der Waals surface area (Å²) < 4.78 is 5.80. The first-order valence-corrected chi connectivity index (χ1v) is 5.90. The van der Waals surface area contributed by atoms with Gasteiger partial charge in [0.2, 0.25) is 0 Å². The molecule has 0 aliphatic heterocycles. The summed E-state index contributed by atoms with van der Waals surface area (Å²) >= 11 is 0. The van der Waals surface area contributed by atoms with Crippen molar-refractivity contribution in [3.63, 3.8) is 0 Å². The van der Waals surface area contributed by atoms with Gasteiger partial charge in [0.15, 0.2) is 0 Å². The SMILES string of the molecule is Cc1cc(C(=O)O)ccc1OC(C)CC(C)C. The van der Waals surface area contributed by atoms with E-state index in [9.17, 15) is 4.79 Å². The number of ether oxygens (including phenoxy) is 1. The molecule has 0 bridgehead atoms. The van der Waals surface area contributed by atoms with Crippen LogP contribution in [0, 0.1) is 12.8 Å². The predicted octanol–water partition coefficient (Wildman–Crippen LogP) is 3.51. The number of carboxylic acids is 1. The van der Waals surface area contributed by atoms with Crippen LogP contribution in [0.3, 0.4) is 0 Å². The van der Waals surface area contributed by atoms with E-state index < -0.39 is 5.97 Å². The largest absolute Gasteiger partial charge is 0.490 e. The zero-order chi connectivity index (χ0) is 13.0. The van der Waals surface area contributed by atoms with Gasteiger partial charge in [0.1, 0.15) is 5.75 Å². The van der Waals surface area contributed by atoms with E-state index in [1.54, 1.807) is 18.2 Å². The van der Waals surface area contributed by atoms with Crippen molar-refractivity contribution in [2.75, 3.05) is 0 Å². The topological polar surface area (TPSA) is 46.5 Å². The Morgan fingerprint density at radius 2 is 2.00 bits per heavy atom. The lowest BCUT2D eigenvalue weighted by Gasteiger charge is -2.18. The van der Waals surface area contributed by atoms with Crippen molar-refractivity contribution >= 4 is 5.97 Å². The van der Waals surface area contributed by atoms with Gasteiger partial charge in [-0.1, -0.05) is 13.8 Å². The summed E-state index contributed by atoms with van der Waals surface area (Å²) in [5.74, 6) is 0.446. The second-order valence-electron chi connectivity index (χ2n) is 4.84. The number of hydrogen-bond acceptors (Lipinski definition) is 2. The van der Waals surface area contributed by atoms with Crippen molar-refractivity contribution in [1.29, 1.82) is 0 Å². The fourth-order valence-corrected chi connectivity index (χ4v) is 1.84. The van der Waals surface area contributed by atoms with Crippen LogP contribution < -0.4 is 4.74 Å². The Balaban J connectivity index is 2.75. The van der Waals surface area contributed by atoms with E-state index in [0.717, 1.165) is 17.7 Å². The highest BCUT2D eigenvalue weighted by molar-refractivity contribution is 5.88. The molecule has 0 aromatic heterocycles. The third kappa shape index (κ3) is 4.10. The summed E-state index contributed by atoms with van der Waals surface area (Å²) in [5, 5.41) is 8.86. The smallest absolute Gasteiger partial charge is 0.335 e. The van der Waals surface area contributed by atoms with Crippen LogP contribution in [0.15, 0.2) is 18.2 Å². The standard InChI is InChI=1S/C14H20O3/c1-9(2)7-11(4)17-13-6-5-12(14(15)16)8-10(13)3/h5-6,8-9,11H,7H2,1-4H3,(H,15,16). The van der Waals surface area contributed by atoms with Gasteiger partial charge in [-0.3, -0.25) is 0 Å². The van der Waals surface area contributed by atoms with Crippen molar-refractivity contribution in [1.82, 2.24) is 0 Å². The molecule has 3 nitrogen and oxygen atoms in total. The van der Waals surface area contributed by atoms with Crippen LogP contribution in [0.25, 0.3) is 0 Å². The van der Waals surface area contributed by atoms with E-state index in [1.807, 2.05) is 13.8 Å². The van der Waals surface area contributed by atoms with E-state index >= 15 is 0 Å². The zero-order valence-corrected chi connectivity index (χ0v) is 10.9. The Bertz CT molecular complexity index is 396. The molecule has 1 rings (SSSR count). The average molecular weight is 236 g/mol. The lowest BCUT2D eigenvalue weighted by atomic mass is 10.1. The number of carboxylic acid groups (broad SMARTS) is 1. The summed E-state index contributed by atoms with van der Waals surface area (Å²) in [6.45, 7) is 8.20. The molecule has 0 aliphatic rings. The molecule has 0 amide bonds. The Hall–Kier alpha value is -1.51. The molecular weight excluding hydrogens is 216 g/mol. The van der Waals surface area contributed by atoms with Gasteiger partial charge in [0.25, 0.3) is 0 Å². The van der Waals surface area contributed by atoms with Crippen molar-refractivity contribution in [3.05, 3.63) is 29.3 Å². The average Bonchev–Trinajstić information content (AvgIpc) is 2.19. The van der Waals surface area contributed by atoms with Crippen LogP contribution in [0.2, 0.25) is 0 Å². The maximum Gasteiger partial charge on any atom is 0.335 e. The maximum absolute atomic E-state index is 10.8. The molecule has 0 aliphatic carbocycles. The Morgan fingerprint density at radius 3 is 2.47 bits per heavy atom. The Labute approximate surface area is 102 Å². The summed E-state index contributed by atoms with van der Waals surface area (Å²) in [5.41, 5.74) is 1.16. The summed E-state index contributed by atoms with van der Waals surface area (Å²) in [7, 11) is 0. The highest BCUT2D eigenvalue weighted by atomic mass is 16.5. The number of aromatic carboxylic acids is 1. The van der Waals surface area contributed by atoms with E-state index in [1.165, 1.54) is 0 Å². The van der Waals surface area contributed by atoms with Crippen LogP contribution in [0.1, 0.15) is 43.1 Å². The van der Waals surface area contributed by atoms with E-state index in [2.05, 4.69) is 13.8 Å². The van der Waals surface area contributed by atoms with Crippen LogP contribution in [0.4, 0.5) is 0 Å². The van der Waals surface area contributed by atoms with Gasteiger partial charge in [0, 0.05) is 0 Å². The predicted molar refractivity (Wildman–Crippen MR) is 67.7 cm³/mol. The fraction of sp³-hybridized carbons (Fsp3) is 0.500. The van der Waals surface area contributed by atoms with E-state index in [0.29, 0.717) is 11.5 Å². The van der Waals surface area contributed by atoms with Crippen LogP contribution >= 0.6 is 0 Å². The van der Waals surface area contributed by atoms with Crippen molar-refractivity contribution < 1.29 is 14.6 Å². The van der Waals surface area contributed by atoms with Gasteiger partial charge >= 0.3 is 5.97 Å². The highest BCUT2D eigenvalue weighted by Gasteiger charge is 2.10. The van der Waals surface area contributed by atoms with Gasteiger partial charge in [-0.05, 0) is 49.9 Å². The molecule has 0 saturated heterocycles. The summed E-state index contributed by atoms with van der Waals surface area (Å²) in [6, 6.07) is 4.95. The monoisotopic (exact) mass is 236 g/mol. The second kappa shape index (κ2) is 5.71. The van der Waals surface area contributed by atoms with Crippen LogP contribution in [-0.4, -0.2) is 17.2 Å². The third-order valence-electron chi connectivity index (χ3n) is 2.55. The van der Waals surface area contributed by atoms with Gasteiger partial charge in [0.05, 0.1) is 11.7 Å². The van der Waals surface area contributed by atoms with Crippen molar-refractivity contribution in [3.8, 4) is 5.75 Å². The molecule has 0 fully saturated rings. The molecule has 0 radical (unpaired) electrons. The molecule has 0 heterocycles. The molecule has 0 spiro atoms. The molecule has 1 aromatic rings. The Kier molecular flexibility index (Phi) is 4.55. The quantitative estimate of drug-likeness (QED) is 0.851. The third-order valence-corrected chi connectivity index (χ3v) is 2.55. The first-order valence-electron chi connectivity index (χ1n) is 5.90. The first kappa shape index (κ1) is 13.6. The number of hydrogen-bond donors (Lipinski definition) is 1. The maximum atomic E-state index is 10.8. The minimum absolute atomic E-state index is 0.143. The molecule has 17 heavy (non-hydrogen) atoms. The number of carbonyl (C=O) groups is 1. The fourth-order valence-electron chi connectivity index (χ4n) is 1.84. The molecule has 0 saturated carbocycles. The van der Waals surface area contributed by atoms with E-state index in [-0.39, 0.29) is 6.10 Å². The lowest BCUT2D eigenvalue weighted by molar-refractivity contribution is 0.0696. The summed E-state index contributed by atoms with van der Waals surface area (Å²) in [4.78, 5) is 10.8. The second-order valence-corrected chi connectivity index (χ2v) is 4.84. The van der Waals surface area contributed by atoms with Crippen molar-refractivity contribution in [2.24, 2.45) is 5.92 Å². The normalized spacial score (nSPS) is 12.5.